The van der Waals surface area contributed by atoms with Crippen LogP contribution in [0.3, 0.4) is 0 Å². The van der Waals surface area contributed by atoms with Crippen LogP contribution < -0.4 is 10.6 Å². The first-order chi connectivity index (χ1) is 12.8. The number of nitrogens with one attached hydrogen (secondary N) is 2. The van der Waals surface area contributed by atoms with E-state index in [1.54, 1.807) is 18.2 Å². The molecule has 27 heavy (non-hydrogen) atoms. The largest absolute Gasteiger partial charge is 0.340 e. The molecule has 0 aliphatic heterocycles. The van der Waals surface area contributed by atoms with Gasteiger partial charge in [0.2, 0.25) is 0 Å². The molecule has 0 saturated carbocycles. The molecule has 1 aromatic carbocycles. The maximum absolute atomic E-state index is 11.6. The van der Waals surface area contributed by atoms with Gasteiger partial charge < -0.3 is 10.6 Å². The van der Waals surface area contributed by atoms with E-state index in [1.807, 2.05) is 32.0 Å². The standard InChI is InChI=1S/C18H20N6O2S/c1-12-8-18(22-13(2)21-12)24-17-9-16(19-11-20-17)23-15-7-5-4-6-14(15)10-27(3,25)26/h4-9,11H,10H2,1-3H3,(H2,19,20,21,22,23,24). The van der Waals surface area contributed by atoms with E-state index in [0.717, 1.165) is 5.69 Å². The van der Waals surface area contributed by atoms with Crippen LogP contribution in [0.2, 0.25) is 0 Å². The molecule has 9 heteroatoms. The summed E-state index contributed by atoms with van der Waals surface area (Å²) in [4.78, 5) is 17.0. The van der Waals surface area contributed by atoms with Crippen LogP contribution in [0, 0.1) is 13.8 Å². The highest BCUT2D eigenvalue weighted by atomic mass is 32.2. The van der Waals surface area contributed by atoms with Gasteiger partial charge in [-0.25, -0.2) is 28.4 Å². The summed E-state index contributed by atoms with van der Waals surface area (Å²) in [5.74, 6) is 2.36. The Morgan fingerprint density at radius 1 is 0.926 bits per heavy atom. The Bertz CT molecular complexity index is 1050. The summed E-state index contributed by atoms with van der Waals surface area (Å²) >= 11 is 0. The average Bonchev–Trinajstić information content (AvgIpc) is 2.55. The summed E-state index contributed by atoms with van der Waals surface area (Å²) in [6.45, 7) is 3.72. The SMILES string of the molecule is Cc1cc(Nc2cc(Nc3ccccc3CS(C)(=O)=O)ncn2)nc(C)n1. The van der Waals surface area contributed by atoms with Gasteiger partial charge in [0.15, 0.2) is 9.84 Å². The van der Waals surface area contributed by atoms with Crippen LogP contribution in [0.4, 0.5) is 23.1 Å². The Morgan fingerprint density at radius 2 is 1.63 bits per heavy atom. The number of nitrogens with zero attached hydrogens (tertiary/aromatic N) is 4. The van der Waals surface area contributed by atoms with Crippen molar-refractivity contribution in [3.8, 4) is 0 Å². The van der Waals surface area contributed by atoms with Crippen molar-refractivity contribution in [2.45, 2.75) is 19.6 Å². The first kappa shape index (κ1) is 18.7. The van der Waals surface area contributed by atoms with Crippen molar-refractivity contribution in [1.29, 1.82) is 0 Å². The highest BCUT2D eigenvalue weighted by Gasteiger charge is 2.10. The van der Waals surface area contributed by atoms with Crippen LogP contribution >= 0.6 is 0 Å². The molecule has 0 spiro atoms. The molecule has 0 unspecified atom stereocenters. The number of rotatable bonds is 6. The van der Waals surface area contributed by atoms with Crippen LogP contribution in [0.1, 0.15) is 17.1 Å². The zero-order valence-corrected chi connectivity index (χ0v) is 16.1. The molecule has 0 atom stereocenters. The van der Waals surface area contributed by atoms with Gasteiger partial charge >= 0.3 is 0 Å². The van der Waals surface area contributed by atoms with Gasteiger partial charge in [-0.3, -0.25) is 0 Å². The van der Waals surface area contributed by atoms with Crippen molar-refractivity contribution in [3.05, 3.63) is 59.8 Å². The third-order valence-electron chi connectivity index (χ3n) is 3.59. The maximum atomic E-state index is 11.6. The first-order valence-corrected chi connectivity index (χ1v) is 10.3. The number of anilines is 4. The molecule has 0 aliphatic rings. The summed E-state index contributed by atoms with van der Waals surface area (Å²) in [5.41, 5.74) is 2.21. The molecule has 0 radical (unpaired) electrons. The lowest BCUT2D eigenvalue weighted by Gasteiger charge is -2.12. The Balaban J connectivity index is 1.83. The Labute approximate surface area is 158 Å². The fourth-order valence-electron chi connectivity index (χ4n) is 2.59. The van der Waals surface area contributed by atoms with Crippen molar-refractivity contribution in [2.24, 2.45) is 0 Å². The molecule has 2 N–H and O–H groups in total. The second-order valence-electron chi connectivity index (χ2n) is 6.21. The monoisotopic (exact) mass is 384 g/mol. The number of sulfone groups is 1. The first-order valence-electron chi connectivity index (χ1n) is 8.22. The van der Waals surface area contributed by atoms with E-state index in [2.05, 4.69) is 30.6 Å². The van der Waals surface area contributed by atoms with Crippen molar-refractivity contribution < 1.29 is 8.42 Å². The Kier molecular flexibility index (Phi) is 5.31. The van der Waals surface area contributed by atoms with Gasteiger partial charge in [0.05, 0.1) is 5.75 Å². The van der Waals surface area contributed by atoms with Crippen LogP contribution in [0.5, 0.6) is 0 Å². The van der Waals surface area contributed by atoms with Gasteiger partial charge in [0.1, 0.15) is 29.6 Å². The minimum absolute atomic E-state index is 0.0497. The van der Waals surface area contributed by atoms with Crippen LogP contribution in [0.15, 0.2) is 42.7 Å². The Morgan fingerprint density at radius 3 is 2.33 bits per heavy atom. The predicted molar refractivity (Wildman–Crippen MR) is 105 cm³/mol. The maximum Gasteiger partial charge on any atom is 0.151 e. The van der Waals surface area contributed by atoms with E-state index in [1.165, 1.54) is 12.6 Å². The van der Waals surface area contributed by atoms with Gasteiger partial charge in [-0.15, -0.1) is 0 Å². The smallest absolute Gasteiger partial charge is 0.151 e. The van der Waals surface area contributed by atoms with Crippen LogP contribution in [-0.2, 0) is 15.6 Å². The molecule has 0 bridgehead atoms. The number of benzene rings is 1. The lowest BCUT2D eigenvalue weighted by molar-refractivity contribution is 0.601. The van der Waals surface area contributed by atoms with E-state index in [-0.39, 0.29) is 5.75 Å². The van der Waals surface area contributed by atoms with Gasteiger partial charge in [-0.05, 0) is 25.5 Å². The van der Waals surface area contributed by atoms with Crippen molar-refractivity contribution in [2.75, 3.05) is 16.9 Å². The summed E-state index contributed by atoms with van der Waals surface area (Å²) in [7, 11) is -3.15. The zero-order valence-electron chi connectivity index (χ0n) is 15.3. The lowest BCUT2D eigenvalue weighted by atomic mass is 10.2. The van der Waals surface area contributed by atoms with E-state index in [0.29, 0.717) is 34.5 Å². The fraction of sp³-hybridized carbons (Fsp3) is 0.222. The highest BCUT2D eigenvalue weighted by Crippen LogP contribution is 2.23. The molecule has 3 aromatic rings. The van der Waals surface area contributed by atoms with E-state index < -0.39 is 9.84 Å². The van der Waals surface area contributed by atoms with Crippen LogP contribution in [0.25, 0.3) is 0 Å². The number of hydrogen-bond donors (Lipinski definition) is 2. The van der Waals surface area contributed by atoms with Crippen molar-refractivity contribution in [3.63, 3.8) is 0 Å². The van der Waals surface area contributed by atoms with Gasteiger partial charge in [-0.2, -0.15) is 0 Å². The average molecular weight is 384 g/mol. The lowest BCUT2D eigenvalue weighted by Crippen LogP contribution is -2.05. The summed E-state index contributed by atoms with van der Waals surface area (Å²) in [6, 6.07) is 10.8. The molecule has 0 aliphatic carbocycles. The number of aryl methyl sites for hydroxylation is 2. The van der Waals surface area contributed by atoms with E-state index >= 15 is 0 Å². The molecule has 2 heterocycles. The molecule has 8 nitrogen and oxygen atoms in total. The van der Waals surface area contributed by atoms with E-state index in [4.69, 9.17) is 0 Å². The van der Waals surface area contributed by atoms with E-state index in [9.17, 15) is 8.42 Å². The Hall–Kier alpha value is -3.07. The second-order valence-corrected chi connectivity index (χ2v) is 8.35. The number of para-hydroxylation sites is 1. The summed E-state index contributed by atoms with van der Waals surface area (Å²) in [6.07, 6.45) is 2.63. The van der Waals surface area contributed by atoms with Gasteiger partial charge in [-0.1, -0.05) is 18.2 Å². The molecular weight excluding hydrogens is 364 g/mol. The third-order valence-corrected chi connectivity index (χ3v) is 4.42. The molecule has 0 amide bonds. The number of aromatic nitrogens is 4. The molecule has 2 aromatic heterocycles. The molecule has 3 rings (SSSR count). The van der Waals surface area contributed by atoms with Gasteiger partial charge in [0.25, 0.3) is 0 Å². The molecule has 0 fully saturated rings. The zero-order chi connectivity index (χ0) is 19.4. The summed E-state index contributed by atoms with van der Waals surface area (Å²) in [5, 5.41) is 6.28. The highest BCUT2D eigenvalue weighted by molar-refractivity contribution is 7.89. The molecule has 140 valence electrons. The number of hydrogen-bond acceptors (Lipinski definition) is 8. The van der Waals surface area contributed by atoms with Crippen molar-refractivity contribution >= 4 is 33.0 Å². The van der Waals surface area contributed by atoms with Crippen LogP contribution in [-0.4, -0.2) is 34.6 Å². The predicted octanol–water partition coefficient (Wildman–Crippen LogP) is 2.92. The summed E-state index contributed by atoms with van der Waals surface area (Å²) < 4.78 is 23.3. The topological polar surface area (TPSA) is 110 Å². The normalized spacial score (nSPS) is 11.2. The minimum atomic E-state index is -3.15. The second kappa shape index (κ2) is 7.67. The quantitative estimate of drug-likeness (QED) is 0.667. The fourth-order valence-corrected chi connectivity index (χ4v) is 3.41. The third kappa shape index (κ3) is 5.45. The van der Waals surface area contributed by atoms with Crippen molar-refractivity contribution in [1.82, 2.24) is 19.9 Å². The minimum Gasteiger partial charge on any atom is -0.340 e. The molecular formula is C18H20N6O2S. The molecule has 0 saturated heterocycles. The van der Waals surface area contributed by atoms with Gasteiger partial charge in [0, 0.05) is 29.8 Å².